The molecule has 0 spiro atoms. The molecule has 0 aliphatic heterocycles. The van der Waals surface area contributed by atoms with Crippen molar-refractivity contribution in [3.05, 3.63) is 76.9 Å². The maximum Gasteiger partial charge on any atom is 0.252 e. The topological polar surface area (TPSA) is 42.0 Å². The van der Waals surface area contributed by atoms with Gasteiger partial charge in [0, 0.05) is 17.5 Å². The van der Waals surface area contributed by atoms with E-state index in [0.717, 1.165) is 28.6 Å². The maximum absolute atomic E-state index is 13.1. The van der Waals surface area contributed by atoms with E-state index in [4.69, 9.17) is 4.98 Å². The lowest BCUT2D eigenvalue weighted by atomic mass is 9.97. The molecule has 4 rings (SSSR count). The van der Waals surface area contributed by atoms with Gasteiger partial charge >= 0.3 is 0 Å². The molecule has 1 heterocycles. The number of allylic oxidation sites excluding steroid dienone is 1. The van der Waals surface area contributed by atoms with Crippen LogP contribution in [-0.2, 0) is 0 Å². The first-order valence-electron chi connectivity index (χ1n) is 10.6. The highest BCUT2D eigenvalue weighted by Crippen LogP contribution is 2.28. The van der Waals surface area contributed by atoms with Crippen LogP contribution in [0.15, 0.2) is 60.2 Å². The minimum Gasteiger partial charge on any atom is -0.352 e. The van der Waals surface area contributed by atoms with Crippen LogP contribution < -0.4 is 5.32 Å². The van der Waals surface area contributed by atoms with Gasteiger partial charge in [0.25, 0.3) is 5.91 Å². The van der Waals surface area contributed by atoms with E-state index in [1.807, 2.05) is 30.3 Å². The summed E-state index contributed by atoms with van der Waals surface area (Å²) < 4.78 is 0. The Balaban J connectivity index is 1.63. The molecule has 1 N–H and O–H groups in total. The standard InChI is InChI=1S/C26H28N2O/c1-18-12-13-21(19(2)16-18)25-17-23(22-10-6-7-11-24(22)28-25)26(29)27-15-14-20-8-4-3-5-9-20/h6-8,10-13,16-17H,3-5,9,14-15H2,1-2H3,(H,27,29). The first-order chi connectivity index (χ1) is 14.1. The highest BCUT2D eigenvalue weighted by molar-refractivity contribution is 6.07. The molecule has 0 fully saturated rings. The number of pyridine rings is 1. The van der Waals surface area contributed by atoms with E-state index in [1.165, 1.54) is 42.4 Å². The van der Waals surface area contributed by atoms with Crippen molar-refractivity contribution >= 4 is 16.8 Å². The van der Waals surface area contributed by atoms with Crippen molar-refractivity contribution in [1.29, 1.82) is 0 Å². The summed E-state index contributed by atoms with van der Waals surface area (Å²) in [6.45, 7) is 4.86. The lowest BCUT2D eigenvalue weighted by molar-refractivity contribution is 0.0955. The van der Waals surface area contributed by atoms with Crippen LogP contribution in [0.1, 0.15) is 53.6 Å². The lowest BCUT2D eigenvalue weighted by Gasteiger charge is -2.14. The Hall–Kier alpha value is -2.94. The van der Waals surface area contributed by atoms with Crippen LogP contribution in [0.2, 0.25) is 0 Å². The molecule has 2 aromatic carbocycles. The predicted octanol–water partition coefficient (Wildman–Crippen LogP) is 6.14. The SMILES string of the molecule is Cc1ccc(-c2cc(C(=O)NCCC3=CCCCC3)c3ccccc3n2)c(C)c1. The van der Waals surface area contributed by atoms with Gasteiger partial charge in [0.1, 0.15) is 0 Å². The van der Waals surface area contributed by atoms with Crippen molar-refractivity contribution in [3.63, 3.8) is 0 Å². The third-order valence-corrected chi connectivity index (χ3v) is 5.74. The average molecular weight is 385 g/mol. The molecule has 0 bridgehead atoms. The molecule has 0 saturated heterocycles. The molecule has 1 aliphatic rings. The quantitative estimate of drug-likeness (QED) is 0.537. The second-order valence-electron chi connectivity index (χ2n) is 8.00. The fourth-order valence-corrected chi connectivity index (χ4v) is 4.17. The fourth-order valence-electron chi connectivity index (χ4n) is 4.17. The summed E-state index contributed by atoms with van der Waals surface area (Å²) in [7, 11) is 0. The molecule has 0 atom stereocenters. The minimum absolute atomic E-state index is 0.0222. The molecule has 0 saturated carbocycles. The lowest BCUT2D eigenvalue weighted by Crippen LogP contribution is -2.25. The number of nitrogens with zero attached hydrogens (tertiary/aromatic N) is 1. The summed E-state index contributed by atoms with van der Waals surface area (Å²) in [5.41, 5.74) is 7.34. The van der Waals surface area contributed by atoms with Crippen LogP contribution in [-0.4, -0.2) is 17.4 Å². The van der Waals surface area contributed by atoms with Crippen LogP contribution in [0, 0.1) is 13.8 Å². The average Bonchev–Trinajstić information content (AvgIpc) is 2.73. The molecule has 1 amide bonds. The summed E-state index contributed by atoms with van der Waals surface area (Å²) in [5.74, 6) is -0.0222. The normalized spacial score (nSPS) is 13.9. The second kappa shape index (κ2) is 8.60. The van der Waals surface area contributed by atoms with Crippen molar-refractivity contribution < 1.29 is 4.79 Å². The number of aromatic nitrogens is 1. The molecule has 3 aromatic rings. The predicted molar refractivity (Wildman–Crippen MR) is 120 cm³/mol. The van der Waals surface area contributed by atoms with E-state index in [-0.39, 0.29) is 5.91 Å². The van der Waals surface area contributed by atoms with E-state index in [0.29, 0.717) is 12.1 Å². The summed E-state index contributed by atoms with van der Waals surface area (Å²) in [6.07, 6.45) is 8.20. The van der Waals surface area contributed by atoms with Crippen LogP contribution in [0.25, 0.3) is 22.2 Å². The summed E-state index contributed by atoms with van der Waals surface area (Å²) in [4.78, 5) is 17.9. The molecular weight excluding hydrogens is 356 g/mol. The molecule has 1 aliphatic carbocycles. The van der Waals surface area contributed by atoms with Crippen LogP contribution in [0.4, 0.5) is 0 Å². The zero-order valence-corrected chi connectivity index (χ0v) is 17.3. The van der Waals surface area contributed by atoms with Crippen LogP contribution in [0.3, 0.4) is 0 Å². The number of rotatable bonds is 5. The van der Waals surface area contributed by atoms with E-state index in [9.17, 15) is 4.79 Å². The molecule has 3 heteroatoms. The highest BCUT2D eigenvalue weighted by atomic mass is 16.1. The van der Waals surface area contributed by atoms with Gasteiger partial charge in [-0.15, -0.1) is 0 Å². The van der Waals surface area contributed by atoms with Gasteiger partial charge < -0.3 is 5.32 Å². The first-order valence-corrected chi connectivity index (χ1v) is 10.6. The van der Waals surface area contributed by atoms with Crippen molar-refractivity contribution in [3.8, 4) is 11.3 Å². The van der Waals surface area contributed by atoms with Gasteiger partial charge in [0.15, 0.2) is 0 Å². The molecule has 29 heavy (non-hydrogen) atoms. The minimum atomic E-state index is -0.0222. The van der Waals surface area contributed by atoms with Gasteiger partial charge in [-0.25, -0.2) is 4.98 Å². The number of aryl methyl sites for hydroxylation is 2. The monoisotopic (exact) mass is 384 g/mol. The molecule has 0 radical (unpaired) electrons. The first kappa shape index (κ1) is 19.4. The van der Waals surface area contributed by atoms with Gasteiger partial charge in [-0.1, -0.05) is 53.6 Å². The zero-order chi connectivity index (χ0) is 20.2. The molecular formula is C26H28N2O. The number of para-hydroxylation sites is 1. The Morgan fingerprint density at radius 2 is 1.93 bits per heavy atom. The zero-order valence-electron chi connectivity index (χ0n) is 17.3. The van der Waals surface area contributed by atoms with Gasteiger partial charge in [-0.05, 0) is 63.6 Å². The Morgan fingerprint density at radius 3 is 2.72 bits per heavy atom. The molecule has 148 valence electrons. The second-order valence-corrected chi connectivity index (χ2v) is 8.00. The Morgan fingerprint density at radius 1 is 1.07 bits per heavy atom. The number of carbonyl (C=O) groups is 1. The molecule has 1 aromatic heterocycles. The van der Waals surface area contributed by atoms with Gasteiger partial charge in [-0.3, -0.25) is 4.79 Å². The van der Waals surface area contributed by atoms with E-state index in [2.05, 4.69) is 43.4 Å². The van der Waals surface area contributed by atoms with Crippen molar-refractivity contribution in [2.75, 3.05) is 6.54 Å². The smallest absolute Gasteiger partial charge is 0.252 e. The van der Waals surface area contributed by atoms with E-state index >= 15 is 0 Å². The highest BCUT2D eigenvalue weighted by Gasteiger charge is 2.15. The number of hydrogen-bond donors (Lipinski definition) is 1. The molecule has 0 unspecified atom stereocenters. The largest absolute Gasteiger partial charge is 0.352 e. The third kappa shape index (κ3) is 4.40. The van der Waals surface area contributed by atoms with E-state index < -0.39 is 0 Å². The van der Waals surface area contributed by atoms with E-state index in [1.54, 1.807) is 0 Å². The summed E-state index contributed by atoms with van der Waals surface area (Å²) in [5, 5.41) is 4.03. The van der Waals surface area contributed by atoms with Gasteiger partial charge in [-0.2, -0.15) is 0 Å². The Kier molecular flexibility index (Phi) is 5.75. The fraction of sp³-hybridized carbons (Fsp3) is 0.308. The third-order valence-electron chi connectivity index (χ3n) is 5.74. The Bertz CT molecular complexity index is 1080. The number of benzene rings is 2. The number of nitrogens with one attached hydrogen (secondary N) is 1. The van der Waals surface area contributed by atoms with Crippen LogP contribution >= 0.6 is 0 Å². The van der Waals surface area contributed by atoms with Crippen LogP contribution in [0.5, 0.6) is 0 Å². The number of hydrogen-bond acceptors (Lipinski definition) is 2. The van der Waals surface area contributed by atoms with Crippen molar-refractivity contribution in [2.24, 2.45) is 0 Å². The number of carbonyl (C=O) groups excluding carboxylic acids is 1. The summed E-state index contributed by atoms with van der Waals surface area (Å²) in [6, 6.07) is 16.2. The number of amides is 1. The van der Waals surface area contributed by atoms with Crippen molar-refractivity contribution in [2.45, 2.75) is 46.0 Å². The number of fused-ring (bicyclic) bond motifs is 1. The maximum atomic E-state index is 13.1. The Labute approximate surface area is 172 Å². The summed E-state index contributed by atoms with van der Waals surface area (Å²) >= 11 is 0. The van der Waals surface area contributed by atoms with Gasteiger partial charge in [0.05, 0.1) is 16.8 Å². The van der Waals surface area contributed by atoms with Gasteiger partial charge in [0.2, 0.25) is 0 Å². The molecule has 3 nitrogen and oxygen atoms in total. The van der Waals surface area contributed by atoms with Crippen molar-refractivity contribution in [1.82, 2.24) is 10.3 Å².